The fraction of sp³-hybridized carbons (Fsp3) is 0.0909. The molecule has 0 aliphatic carbocycles. The average Bonchev–Trinajstić information content (AvgIpc) is 2.73. The number of rotatable bonds is 2. The summed E-state index contributed by atoms with van der Waals surface area (Å²) in [6.07, 6.45) is 0. The van der Waals surface area contributed by atoms with Crippen molar-refractivity contribution in [3.8, 4) is 0 Å². The van der Waals surface area contributed by atoms with Gasteiger partial charge in [-0.25, -0.2) is 4.39 Å². The van der Waals surface area contributed by atoms with Crippen LogP contribution in [0.25, 0.3) is 0 Å². The van der Waals surface area contributed by atoms with Crippen LogP contribution in [0, 0.1) is 12.7 Å². The number of halogens is 3. The number of hydrogen-bond donors (Lipinski definition) is 1. The summed E-state index contributed by atoms with van der Waals surface area (Å²) in [6.45, 7) is 1.69. The minimum atomic E-state index is -0.542. The predicted octanol–water partition coefficient (Wildman–Crippen LogP) is 3.79. The molecule has 2 aromatic rings. The Labute approximate surface area is 115 Å². The first-order chi connectivity index (χ1) is 8.47. The van der Waals surface area contributed by atoms with Gasteiger partial charge in [0.15, 0.2) is 0 Å². The van der Waals surface area contributed by atoms with Gasteiger partial charge in [-0.15, -0.1) is 0 Å². The average molecular weight is 334 g/mol. The molecule has 0 radical (unpaired) electrons. The number of nitrogens with one attached hydrogen (secondary N) is 1. The van der Waals surface area contributed by atoms with Crippen LogP contribution in [0.1, 0.15) is 16.2 Å². The molecule has 0 bridgehead atoms. The van der Waals surface area contributed by atoms with Crippen LogP contribution in [-0.2, 0) is 0 Å². The van der Waals surface area contributed by atoms with Crippen molar-refractivity contribution in [1.29, 1.82) is 0 Å². The third-order valence-electron chi connectivity index (χ3n) is 2.11. The quantitative estimate of drug-likeness (QED) is 0.851. The molecule has 1 aromatic heterocycles. The molecule has 4 nitrogen and oxygen atoms in total. The SMILES string of the molecule is Cc1cc(C(=O)Nc2cc(F)c(Br)cc2Cl)on1. The first-order valence-electron chi connectivity index (χ1n) is 4.86. The Balaban J connectivity index is 2.24. The Hall–Kier alpha value is -1.40. The van der Waals surface area contributed by atoms with E-state index in [2.05, 4.69) is 26.4 Å². The number of hydrogen-bond acceptors (Lipinski definition) is 3. The summed E-state index contributed by atoms with van der Waals surface area (Å²) in [5, 5.41) is 6.24. The van der Waals surface area contributed by atoms with Gasteiger partial charge in [-0.3, -0.25) is 4.79 Å². The summed E-state index contributed by atoms with van der Waals surface area (Å²) in [6, 6.07) is 3.95. The number of aromatic nitrogens is 1. The summed E-state index contributed by atoms with van der Waals surface area (Å²) < 4.78 is 18.3. The molecular formula is C11H7BrClFN2O2. The fourth-order valence-electron chi connectivity index (χ4n) is 1.27. The van der Waals surface area contributed by atoms with E-state index in [1.807, 2.05) is 0 Å². The van der Waals surface area contributed by atoms with E-state index in [1.54, 1.807) is 6.92 Å². The lowest BCUT2D eigenvalue weighted by Crippen LogP contribution is -2.11. The van der Waals surface area contributed by atoms with Crippen molar-refractivity contribution < 1.29 is 13.7 Å². The molecule has 0 spiro atoms. The molecule has 18 heavy (non-hydrogen) atoms. The van der Waals surface area contributed by atoms with Crippen LogP contribution in [0.4, 0.5) is 10.1 Å². The highest BCUT2D eigenvalue weighted by Gasteiger charge is 2.14. The maximum Gasteiger partial charge on any atom is 0.294 e. The van der Waals surface area contributed by atoms with Crippen LogP contribution >= 0.6 is 27.5 Å². The van der Waals surface area contributed by atoms with Gasteiger partial charge in [-0.05, 0) is 28.9 Å². The van der Waals surface area contributed by atoms with E-state index in [1.165, 1.54) is 12.1 Å². The summed E-state index contributed by atoms with van der Waals surface area (Å²) >= 11 is 8.87. The van der Waals surface area contributed by atoms with Gasteiger partial charge in [-0.2, -0.15) is 0 Å². The lowest BCUT2D eigenvalue weighted by atomic mass is 10.3. The molecule has 1 heterocycles. The third kappa shape index (κ3) is 2.70. The maximum atomic E-state index is 13.3. The first-order valence-corrected chi connectivity index (χ1v) is 6.03. The maximum absolute atomic E-state index is 13.3. The summed E-state index contributed by atoms with van der Waals surface area (Å²) in [5.74, 6) is -1.03. The summed E-state index contributed by atoms with van der Waals surface area (Å²) in [4.78, 5) is 11.7. The van der Waals surface area contributed by atoms with E-state index in [9.17, 15) is 9.18 Å². The van der Waals surface area contributed by atoms with E-state index in [4.69, 9.17) is 16.1 Å². The zero-order chi connectivity index (χ0) is 13.3. The van der Waals surface area contributed by atoms with Crippen molar-refractivity contribution in [2.24, 2.45) is 0 Å². The van der Waals surface area contributed by atoms with Crippen LogP contribution in [0.2, 0.25) is 5.02 Å². The van der Waals surface area contributed by atoms with E-state index in [-0.39, 0.29) is 20.9 Å². The summed E-state index contributed by atoms with van der Waals surface area (Å²) in [5.41, 5.74) is 0.740. The molecule has 1 N–H and O–H groups in total. The number of carbonyl (C=O) groups is 1. The molecular weight excluding hydrogens is 326 g/mol. The van der Waals surface area contributed by atoms with Crippen molar-refractivity contribution in [3.63, 3.8) is 0 Å². The zero-order valence-electron chi connectivity index (χ0n) is 9.13. The monoisotopic (exact) mass is 332 g/mol. The molecule has 0 fully saturated rings. The predicted molar refractivity (Wildman–Crippen MR) is 68.3 cm³/mol. The van der Waals surface area contributed by atoms with Crippen LogP contribution in [0.5, 0.6) is 0 Å². The molecule has 1 amide bonds. The molecule has 94 valence electrons. The fourth-order valence-corrected chi connectivity index (χ4v) is 1.96. The van der Waals surface area contributed by atoms with E-state index in [0.717, 1.165) is 6.07 Å². The van der Waals surface area contributed by atoms with Crippen molar-refractivity contribution in [2.45, 2.75) is 6.92 Å². The van der Waals surface area contributed by atoms with Gasteiger partial charge in [0.25, 0.3) is 5.91 Å². The Bertz CT molecular complexity index is 615. The van der Waals surface area contributed by atoms with E-state index in [0.29, 0.717) is 5.69 Å². The largest absolute Gasteiger partial charge is 0.351 e. The van der Waals surface area contributed by atoms with Gasteiger partial charge in [0, 0.05) is 12.1 Å². The molecule has 0 unspecified atom stereocenters. The highest BCUT2D eigenvalue weighted by Crippen LogP contribution is 2.28. The first kappa shape index (κ1) is 13.0. The number of carbonyl (C=O) groups excluding carboxylic acids is 1. The van der Waals surface area contributed by atoms with Gasteiger partial charge in [0.1, 0.15) is 5.82 Å². The lowest BCUT2D eigenvalue weighted by molar-refractivity contribution is 0.0988. The zero-order valence-corrected chi connectivity index (χ0v) is 11.5. The minimum absolute atomic E-state index is 0.0342. The van der Waals surface area contributed by atoms with Crippen molar-refractivity contribution in [2.75, 3.05) is 5.32 Å². The van der Waals surface area contributed by atoms with Gasteiger partial charge < -0.3 is 9.84 Å². The molecule has 0 atom stereocenters. The summed E-state index contributed by atoms with van der Waals surface area (Å²) in [7, 11) is 0. The van der Waals surface area contributed by atoms with Crippen LogP contribution < -0.4 is 5.32 Å². The smallest absolute Gasteiger partial charge is 0.294 e. The van der Waals surface area contributed by atoms with Gasteiger partial charge in [0.05, 0.1) is 20.9 Å². The highest BCUT2D eigenvalue weighted by atomic mass is 79.9. The number of nitrogens with zero attached hydrogens (tertiary/aromatic N) is 1. The number of amides is 1. The Morgan fingerprint density at radius 3 is 2.83 bits per heavy atom. The van der Waals surface area contributed by atoms with Crippen LogP contribution in [0.15, 0.2) is 27.2 Å². The molecule has 1 aromatic carbocycles. The lowest BCUT2D eigenvalue weighted by Gasteiger charge is -2.06. The molecule has 0 aliphatic rings. The van der Waals surface area contributed by atoms with E-state index >= 15 is 0 Å². The second-order valence-electron chi connectivity index (χ2n) is 3.53. The molecule has 2 rings (SSSR count). The number of anilines is 1. The molecule has 0 saturated carbocycles. The van der Waals surface area contributed by atoms with Crippen molar-refractivity contribution in [1.82, 2.24) is 5.16 Å². The molecule has 0 saturated heterocycles. The van der Waals surface area contributed by atoms with Gasteiger partial charge >= 0.3 is 0 Å². The second-order valence-corrected chi connectivity index (χ2v) is 4.79. The molecule has 7 heteroatoms. The Morgan fingerprint density at radius 1 is 1.50 bits per heavy atom. The number of benzene rings is 1. The topological polar surface area (TPSA) is 55.1 Å². The Kier molecular flexibility index (Phi) is 3.68. The standard InChI is InChI=1S/C11H7BrClFN2O2/c1-5-2-10(18-16-5)11(17)15-9-4-8(14)6(12)3-7(9)13/h2-4H,1H3,(H,15,17). The third-order valence-corrected chi connectivity index (χ3v) is 3.03. The number of aryl methyl sites for hydroxylation is 1. The normalized spacial score (nSPS) is 10.4. The molecule has 0 aliphatic heterocycles. The van der Waals surface area contributed by atoms with Crippen LogP contribution in [0.3, 0.4) is 0 Å². The van der Waals surface area contributed by atoms with Crippen LogP contribution in [-0.4, -0.2) is 11.1 Å². The Morgan fingerprint density at radius 2 is 2.22 bits per heavy atom. The van der Waals surface area contributed by atoms with Gasteiger partial charge in [-0.1, -0.05) is 16.8 Å². The van der Waals surface area contributed by atoms with E-state index < -0.39 is 11.7 Å². The minimum Gasteiger partial charge on any atom is -0.351 e. The van der Waals surface area contributed by atoms with Gasteiger partial charge in [0.2, 0.25) is 5.76 Å². The van der Waals surface area contributed by atoms with Crippen molar-refractivity contribution in [3.05, 3.63) is 45.0 Å². The van der Waals surface area contributed by atoms with Crippen molar-refractivity contribution >= 4 is 39.1 Å². The second kappa shape index (κ2) is 5.07. The highest BCUT2D eigenvalue weighted by molar-refractivity contribution is 9.10.